The number of rotatable bonds is 2. The fourth-order valence-corrected chi connectivity index (χ4v) is 1.96. The smallest absolute Gasteiger partial charge is 0.253 e. The Morgan fingerprint density at radius 3 is 3.00 bits per heavy atom. The third kappa shape index (κ3) is 2.22. The first-order valence-electron chi connectivity index (χ1n) is 5.42. The van der Waals surface area contributed by atoms with Crippen LogP contribution >= 0.6 is 0 Å². The minimum Gasteiger partial charge on any atom is -0.337 e. The summed E-state index contributed by atoms with van der Waals surface area (Å²) >= 11 is 0. The third-order valence-electron chi connectivity index (χ3n) is 2.97. The molecule has 0 saturated carbocycles. The molecule has 0 radical (unpaired) electrons. The van der Waals surface area contributed by atoms with Crippen LogP contribution in [0, 0.1) is 5.82 Å². The highest BCUT2D eigenvalue weighted by Crippen LogP contribution is 2.12. The second-order valence-corrected chi connectivity index (χ2v) is 4.07. The van der Waals surface area contributed by atoms with Crippen molar-refractivity contribution in [3.8, 4) is 0 Å². The Morgan fingerprint density at radius 1 is 1.56 bits per heavy atom. The maximum Gasteiger partial charge on any atom is 0.253 e. The van der Waals surface area contributed by atoms with E-state index in [0.717, 1.165) is 19.5 Å². The summed E-state index contributed by atoms with van der Waals surface area (Å²) < 4.78 is 13.0. The second kappa shape index (κ2) is 4.61. The molecule has 1 heterocycles. The van der Waals surface area contributed by atoms with Crippen LogP contribution in [0.25, 0.3) is 0 Å². The highest BCUT2D eigenvalue weighted by Gasteiger charge is 2.23. The monoisotopic (exact) mass is 222 g/mol. The van der Waals surface area contributed by atoms with Gasteiger partial charge in [0.2, 0.25) is 0 Å². The lowest BCUT2D eigenvalue weighted by atomic mass is 10.1. The van der Waals surface area contributed by atoms with E-state index in [1.807, 2.05) is 0 Å². The van der Waals surface area contributed by atoms with E-state index in [0.29, 0.717) is 5.56 Å². The van der Waals surface area contributed by atoms with Gasteiger partial charge in [0.05, 0.1) is 0 Å². The molecule has 4 heteroatoms. The van der Waals surface area contributed by atoms with Gasteiger partial charge in [-0.05, 0) is 31.2 Å². The molecule has 0 bridgehead atoms. The van der Waals surface area contributed by atoms with E-state index in [1.54, 1.807) is 24.1 Å². The Balaban J connectivity index is 2.12. The third-order valence-corrected chi connectivity index (χ3v) is 2.97. The average Bonchev–Trinajstić information content (AvgIpc) is 2.80. The number of hydrogen-bond acceptors (Lipinski definition) is 2. The van der Waals surface area contributed by atoms with Crippen LogP contribution in [0.1, 0.15) is 16.8 Å². The normalized spacial score (nSPS) is 19.8. The molecule has 1 atom stereocenters. The Hall–Kier alpha value is -1.42. The number of nitrogens with zero attached hydrogens (tertiary/aromatic N) is 1. The molecule has 1 N–H and O–H groups in total. The van der Waals surface area contributed by atoms with Gasteiger partial charge in [0.15, 0.2) is 0 Å². The number of carbonyl (C=O) groups is 1. The van der Waals surface area contributed by atoms with Crippen molar-refractivity contribution in [1.29, 1.82) is 0 Å². The minimum absolute atomic E-state index is 0.117. The van der Waals surface area contributed by atoms with E-state index in [2.05, 4.69) is 5.32 Å². The van der Waals surface area contributed by atoms with E-state index in [-0.39, 0.29) is 17.8 Å². The summed E-state index contributed by atoms with van der Waals surface area (Å²) in [4.78, 5) is 13.7. The SMILES string of the molecule is CN(C(=O)c1cccc(F)c1)[C@H]1CCNC1. The molecule has 1 aromatic carbocycles. The molecule has 0 spiro atoms. The first-order chi connectivity index (χ1) is 7.68. The van der Waals surface area contributed by atoms with E-state index in [1.165, 1.54) is 12.1 Å². The van der Waals surface area contributed by atoms with Crippen molar-refractivity contribution in [1.82, 2.24) is 10.2 Å². The number of amides is 1. The van der Waals surface area contributed by atoms with Crippen LogP contribution in [-0.4, -0.2) is 37.0 Å². The summed E-state index contributed by atoms with van der Waals surface area (Å²) in [6.07, 6.45) is 0.956. The summed E-state index contributed by atoms with van der Waals surface area (Å²) in [6, 6.07) is 6.04. The number of hydrogen-bond donors (Lipinski definition) is 1. The molecule has 16 heavy (non-hydrogen) atoms. The fraction of sp³-hybridized carbons (Fsp3) is 0.417. The highest BCUT2D eigenvalue weighted by atomic mass is 19.1. The molecule has 0 aromatic heterocycles. The van der Waals surface area contributed by atoms with E-state index in [4.69, 9.17) is 0 Å². The zero-order valence-electron chi connectivity index (χ0n) is 9.24. The summed E-state index contributed by atoms with van der Waals surface area (Å²) in [5.41, 5.74) is 0.411. The van der Waals surface area contributed by atoms with E-state index >= 15 is 0 Å². The van der Waals surface area contributed by atoms with Gasteiger partial charge >= 0.3 is 0 Å². The highest BCUT2D eigenvalue weighted by molar-refractivity contribution is 5.94. The predicted octanol–water partition coefficient (Wildman–Crippen LogP) is 1.26. The standard InChI is InChI=1S/C12H15FN2O/c1-15(11-5-6-14-8-11)12(16)9-3-2-4-10(13)7-9/h2-4,7,11,14H,5-6,8H2,1H3/t11-/m0/s1. The molecule has 86 valence electrons. The molecular formula is C12H15FN2O. The Morgan fingerprint density at radius 2 is 2.38 bits per heavy atom. The molecule has 0 unspecified atom stereocenters. The van der Waals surface area contributed by atoms with Crippen molar-refractivity contribution in [2.24, 2.45) is 0 Å². The predicted molar refractivity (Wildman–Crippen MR) is 59.8 cm³/mol. The Labute approximate surface area is 94.3 Å². The molecule has 1 aliphatic heterocycles. The molecule has 1 saturated heterocycles. The van der Waals surface area contributed by atoms with Crippen LogP contribution in [0.15, 0.2) is 24.3 Å². The molecule has 3 nitrogen and oxygen atoms in total. The Kier molecular flexibility index (Phi) is 3.19. The van der Waals surface area contributed by atoms with Gasteiger partial charge in [0.1, 0.15) is 5.82 Å². The molecule has 0 aliphatic carbocycles. The second-order valence-electron chi connectivity index (χ2n) is 4.07. The maximum atomic E-state index is 13.0. The number of likely N-dealkylation sites (N-methyl/N-ethyl adjacent to an activating group) is 1. The average molecular weight is 222 g/mol. The number of carbonyl (C=O) groups excluding carboxylic acids is 1. The van der Waals surface area contributed by atoms with Gasteiger partial charge in [-0.3, -0.25) is 4.79 Å². The number of benzene rings is 1. The molecule has 2 rings (SSSR count). The van der Waals surface area contributed by atoms with Crippen LogP contribution in [0.5, 0.6) is 0 Å². The minimum atomic E-state index is -0.371. The number of halogens is 1. The van der Waals surface area contributed by atoms with Crippen LogP contribution in [0.2, 0.25) is 0 Å². The quantitative estimate of drug-likeness (QED) is 0.817. The zero-order valence-corrected chi connectivity index (χ0v) is 9.24. The largest absolute Gasteiger partial charge is 0.337 e. The van der Waals surface area contributed by atoms with Crippen molar-refractivity contribution in [3.63, 3.8) is 0 Å². The molecular weight excluding hydrogens is 207 g/mol. The van der Waals surface area contributed by atoms with Crippen molar-refractivity contribution in [2.75, 3.05) is 20.1 Å². The molecule has 1 aromatic rings. The zero-order chi connectivity index (χ0) is 11.5. The van der Waals surface area contributed by atoms with Gasteiger partial charge in [-0.1, -0.05) is 6.07 Å². The van der Waals surface area contributed by atoms with Gasteiger partial charge in [-0.2, -0.15) is 0 Å². The summed E-state index contributed by atoms with van der Waals surface area (Å²) in [6.45, 7) is 1.75. The lowest BCUT2D eigenvalue weighted by Gasteiger charge is -2.23. The van der Waals surface area contributed by atoms with E-state index in [9.17, 15) is 9.18 Å². The van der Waals surface area contributed by atoms with Crippen molar-refractivity contribution >= 4 is 5.91 Å². The van der Waals surface area contributed by atoms with Crippen LogP contribution in [-0.2, 0) is 0 Å². The maximum absolute atomic E-state index is 13.0. The van der Waals surface area contributed by atoms with Crippen LogP contribution < -0.4 is 5.32 Å². The van der Waals surface area contributed by atoms with Crippen molar-refractivity contribution in [2.45, 2.75) is 12.5 Å². The summed E-state index contributed by atoms with van der Waals surface area (Å²) in [5, 5.41) is 3.20. The van der Waals surface area contributed by atoms with Gasteiger partial charge in [0.25, 0.3) is 5.91 Å². The van der Waals surface area contributed by atoms with Gasteiger partial charge < -0.3 is 10.2 Å². The molecule has 1 aliphatic rings. The summed E-state index contributed by atoms with van der Waals surface area (Å²) in [5.74, 6) is -0.489. The fourth-order valence-electron chi connectivity index (χ4n) is 1.96. The summed E-state index contributed by atoms with van der Waals surface area (Å²) in [7, 11) is 1.77. The van der Waals surface area contributed by atoms with Crippen LogP contribution in [0.3, 0.4) is 0 Å². The lowest BCUT2D eigenvalue weighted by Crippen LogP contribution is -2.38. The number of nitrogens with one attached hydrogen (secondary N) is 1. The van der Waals surface area contributed by atoms with Crippen molar-refractivity contribution < 1.29 is 9.18 Å². The van der Waals surface area contributed by atoms with E-state index < -0.39 is 0 Å². The first-order valence-corrected chi connectivity index (χ1v) is 5.42. The van der Waals surface area contributed by atoms with Crippen LogP contribution in [0.4, 0.5) is 4.39 Å². The van der Waals surface area contributed by atoms with Crippen molar-refractivity contribution in [3.05, 3.63) is 35.6 Å². The van der Waals surface area contributed by atoms with Gasteiger partial charge in [-0.25, -0.2) is 4.39 Å². The molecule has 1 amide bonds. The van der Waals surface area contributed by atoms with Gasteiger partial charge in [0, 0.05) is 25.2 Å². The molecule has 1 fully saturated rings. The Bertz CT molecular complexity index is 388. The van der Waals surface area contributed by atoms with Gasteiger partial charge in [-0.15, -0.1) is 0 Å². The first kappa shape index (κ1) is 11.1. The lowest BCUT2D eigenvalue weighted by molar-refractivity contribution is 0.0743. The topological polar surface area (TPSA) is 32.3 Å².